The summed E-state index contributed by atoms with van der Waals surface area (Å²) in [5.74, 6) is -0.957. The monoisotopic (exact) mass is 520 g/mol. The maximum atomic E-state index is 13.4. The van der Waals surface area contributed by atoms with Gasteiger partial charge in [0.05, 0.1) is 41.1 Å². The van der Waals surface area contributed by atoms with Gasteiger partial charge in [-0.3, -0.25) is 14.5 Å². The number of rotatable bonds is 5. The number of carbonyl (C=O) groups excluding carboxylic acids is 2. The van der Waals surface area contributed by atoms with E-state index in [2.05, 4.69) is 4.98 Å². The largest absolute Gasteiger partial charge is 0.507 e. The standard InChI is InChI=1S/C27H21ClN2O5S/c1-14-4-11-19-21(12-14)36-27(29-19)30-23(15-5-8-17(34-2)9-6-15)22(25(32)26(30)33)24(31)16-7-10-18(28)20(13-16)35-3/h4-13,23,31H,1-3H3/b24-22+. The van der Waals surface area contributed by atoms with Crippen LogP contribution in [0.25, 0.3) is 16.0 Å². The Hall–Kier alpha value is -3.88. The molecule has 0 aliphatic carbocycles. The molecule has 9 heteroatoms. The second-order valence-electron chi connectivity index (χ2n) is 8.26. The first-order chi connectivity index (χ1) is 17.3. The molecule has 2 heterocycles. The molecule has 1 N–H and O–H groups in total. The summed E-state index contributed by atoms with van der Waals surface area (Å²) in [7, 11) is 3.01. The molecule has 36 heavy (non-hydrogen) atoms. The number of methoxy groups -OCH3 is 2. The molecule has 3 aromatic carbocycles. The quantitative estimate of drug-likeness (QED) is 0.200. The van der Waals surface area contributed by atoms with E-state index < -0.39 is 17.7 Å². The van der Waals surface area contributed by atoms with E-state index in [1.54, 1.807) is 43.5 Å². The minimum Gasteiger partial charge on any atom is -0.507 e. The van der Waals surface area contributed by atoms with Gasteiger partial charge in [-0.25, -0.2) is 4.98 Å². The molecule has 1 aromatic heterocycles. The third-order valence-corrected chi connectivity index (χ3v) is 7.37. The molecular formula is C27H21ClN2O5S. The minimum atomic E-state index is -0.903. The number of aliphatic hydroxyl groups excluding tert-OH is 1. The highest BCUT2D eigenvalue weighted by Gasteiger charge is 2.48. The molecule has 182 valence electrons. The predicted octanol–water partition coefficient (Wildman–Crippen LogP) is 5.90. The highest BCUT2D eigenvalue weighted by atomic mass is 35.5. The summed E-state index contributed by atoms with van der Waals surface area (Å²) in [5, 5.41) is 12.1. The fourth-order valence-electron chi connectivity index (χ4n) is 4.22. The smallest absolute Gasteiger partial charge is 0.301 e. The predicted molar refractivity (Wildman–Crippen MR) is 140 cm³/mol. The summed E-state index contributed by atoms with van der Waals surface area (Å²) in [6, 6.07) is 16.5. The average Bonchev–Trinajstić information content (AvgIpc) is 3.41. The second-order valence-corrected chi connectivity index (χ2v) is 9.68. The summed E-state index contributed by atoms with van der Waals surface area (Å²) in [5.41, 5.74) is 2.65. The van der Waals surface area contributed by atoms with Crippen LogP contribution in [-0.2, 0) is 9.59 Å². The molecule has 1 atom stereocenters. The average molecular weight is 521 g/mol. The summed E-state index contributed by atoms with van der Waals surface area (Å²) in [6.07, 6.45) is 0. The number of carbonyl (C=O) groups is 2. The van der Waals surface area contributed by atoms with Gasteiger partial charge in [-0.1, -0.05) is 41.1 Å². The lowest BCUT2D eigenvalue weighted by Gasteiger charge is -2.23. The van der Waals surface area contributed by atoms with Crippen molar-refractivity contribution in [2.45, 2.75) is 13.0 Å². The Bertz CT molecular complexity index is 1540. The number of ketones is 1. The topological polar surface area (TPSA) is 89.0 Å². The van der Waals surface area contributed by atoms with E-state index in [1.165, 1.54) is 29.4 Å². The van der Waals surface area contributed by atoms with Gasteiger partial charge in [0.15, 0.2) is 5.13 Å². The van der Waals surface area contributed by atoms with Gasteiger partial charge in [0.25, 0.3) is 5.78 Å². The fraction of sp³-hybridized carbons (Fsp3) is 0.148. The molecule has 7 nitrogen and oxygen atoms in total. The van der Waals surface area contributed by atoms with Crippen molar-refractivity contribution < 1.29 is 24.2 Å². The molecule has 1 unspecified atom stereocenters. The minimum absolute atomic E-state index is 0.0509. The van der Waals surface area contributed by atoms with Gasteiger partial charge in [0, 0.05) is 5.56 Å². The Labute approximate surface area is 216 Å². The zero-order valence-corrected chi connectivity index (χ0v) is 21.2. The number of hydrogen-bond acceptors (Lipinski definition) is 7. The molecule has 5 rings (SSSR count). The van der Waals surface area contributed by atoms with Gasteiger partial charge in [0.1, 0.15) is 17.3 Å². The van der Waals surface area contributed by atoms with Crippen molar-refractivity contribution >= 4 is 55.7 Å². The zero-order chi connectivity index (χ0) is 25.6. The van der Waals surface area contributed by atoms with Crippen LogP contribution >= 0.6 is 22.9 Å². The lowest BCUT2D eigenvalue weighted by molar-refractivity contribution is -0.132. The lowest BCUT2D eigenvalue weighted by Crippen LogP contribution is -2.29. The van der Waals surface area contributed by atoms with E-state index in [0.717, 1.165) is 15.8 Å². The lowest BCUT2D eigenvalue weighted by atomic mass is 9.95. The number of aryl methyl sites for hydroxylation is 1. The maximum absolute atomic E-state index is 13.4. The molecule has 0 radical (unpaired) electrons. The Morgan fingerprint density at radius 2 is 1.78 bits per heavy atom. The Morgan fingerprint density at radius 1 is 1.03 bits per heavy atom. The molecule has 0 spiro atoms. The van der Waals surface area contributed by atoms with Crippen LogP contribution < -0.4 is 14.4 Å². The molecule has 1 fully saturated rings. The van der Waals surface area contributed by atoms with E-state index in [9.17, 15) is 14.7 Å². The molecule has 1 aliphatic heterocycles. The summed E-state index contributed by atoms with van der Waals surface area (Å²) >= 11 is 7.46. The number of hydrogen-bond donors (Lipinski definition) is 1. The third-order valence-electron chi connectivity index (χ3n) is 6.04. The van der Waals surface area contributed by atoms with Crippen molar-refractivity contribution in [3.05, 3.63) is 87.9 Å². The molecule has 4 aromatic rings. The van der Waals surface area contributed by atoms with E-state index in [1.807, 2.05) is 25.1 Å². The van der Waals surface area contributed by atoms with Gasteiger partial charge < -0.3 is 14.6 Å². The van der Waals surface area contributed by atoms with Crippen LogP contribution in [0.3, 0.4) is 0 Å². The number of aromatic nitrogens is 1. The van der Waals surface area contributed by atoms with Crippen molar-refractivity contribution in [3.8, 4) is 11.5 Å². The number of anilines is 1. The number of nitrogens with zero attached hydrogens (tertiary/aromatic N) is 2. The number of fused-ring (bicyclic) bond motifs is 1. The Morgan fingerprint density at radius 3 is 2.47 bits per heavy atom. The van der Waals surface area contributed by atoms with Crippen molar-refractivity contribution in [3.63, 3.8) is 0 Å². The van der Waals surface area contributed by atoms with Crippen molar-refractivity contribution in [2.24, 2.45) is 0 Å². The van der Waals surface area contributed by atoms with E-state index >= 15 is 0 Å². The summed E-state index contributed by atoms with van der Waals surface area (Å²) in [6.45, 7) is 1.97. The molecule has 0 bridgehead atoms. The van der Waals surface area contributed by atoms with Gasteiger partial charge in [-0.15, -0.1) is 0 Å². The van der Waals surface area contributed by atoms with E-state index in [0.29, 0.717) is 32.8 Å². The third kappa shape index (κ3) is 3.98. The number of thiazole rings is 1. The van der Waals surface area contributed by atoms with Crippen LogP contribution in [0.15, 0.2) is 66.2 Å². The number of benzene rings is 3. The number of halogens is 1. The molecule has 1 aliphatic rings. The van der Waals surface area contributed by atoms with E-state index in [-0.39, 0.29) is 11.3 Å². The maximum Gasteiger partial charge on any atom is 0.301 e. The Kier molecular flexibility index (Phi) is 6.15. The van der Waals surface area contributed by atoms with Crippen LogP contribution in [0.4, 0.5) is 5.13 Å². The normalized spacial score (nSPS) is 17.1. The van der Waals surface area contributed by atoms with E-state index in [4.69, 9.17) is 21.1 Å². The first kappa shape index (κ1) is 23.8. The Balaban J connectivity index is 1.72. The van der Waals surface area contributed by atoms with Crippen molar-refractivity contribution in [1.82, 2.24) is 4.98 Å². The SMILES string of the molecule is COc1ccc(C2/C(=C(\O)c3ccc(Cl)c(OC)c3)C(=O)C(=O)N2c2nc3ccc(C)cc3s2)cc1. The second kappa shape index (κ2) is 9.29. The number of amides is 1. The molecular weight excluding hydrogens is 500 g/mol. The number of aliphatic hydroxyl groups is 1. The van der Waals surface area contributed by atoms with Crippen LogP contribution in [-0.4, -0.2) is 36.0 Å². The molecule has 1 amide bonds. The zero-order valence-electron chi connectivity index (χ0n) is 19.6. The first-order valence-corrected chi connectivity index (χ1v) is 12.2. The van der Waals surface area contributed by atoms with Crippen molar-refractivity contribution in [1.29, 1.82) is 0 Å². The highest BCUT2D eigenvalue weighted by Crippen LogP contribution is 2.45. The van der Waals surface area contributed by atoms with Gasteiger partial charge in [-0.05, 0) is 60.5 Å². The number of ether oxygens (including phenoxy) is 2. The molecule has 0 saturated carbocycles. The first-order valence-electron chi connectivity index (χ1n) is 11.0. The summed E-state index contributed by atoms with van der Waals surface area (Å²) < 4.78 is 11.4. The van der Waals surface area contributed by atoms with Crippen LogP contribution in [0.1, 0.15) is 22.7 Å². The van der Waals surface area contributed by atoms with Crippen LogP contribution in [0.5, 0.6) is 11.5 Å². The summed E-state index contributed by atoms with van der Waals surface area (Å²) in [4.78, 5) is 32.8. The van der Waals surface area contributed by atoms with Crippen LogP contribution in [0.2, 0.25) is 5.02 Å². The number of Topliss-reactive ketones (excluding diaryl/α,β-unsaturated/α-hetero) is 1. The van der Waals surface area contributed by atoms with Gasteiger partial charge >= 0.3 is 5.91 Å². The van der Waals surface area contributed by atoms with Gasteiger partial charge in [-0.2, -0.15) is 0 Å². The fourth-order valence-corrected chi connectivity index (χ4v) is 5.50. The molecule has 1 saturated heterocycles. The highest BCUT2D eigenvalue weighted by molar-refractivity contribution is 7.22. The van der Waals surface area contributed by atoms with Crippen molar-refractivity contribution in [2.75, 3.05) is 19.1 Å². The van der Waals surface area contributed by atoms with Crippen LogP contribution in [0, 0.1) is 6.92 Å². The van der Waals surface area contributed by atoms with Gasteiger partial charge in [0.2, 0.25) is 0 Å².